The van der Waals surface area contributed by atoms with Crippen molar-refractivity contribution in [3.63, 3.8) is 0 Å². The number of carbonyl (C=O) groups is 2. The first kappa shape index (κ1) is 31.3. The van der Waals surface area contributed by atoms with Crippen molar-refractivity contribution in [3.05, 3.63) is 54.6 Å². The van der Waals surface area contributed by atoms with Gasteiger partial charge in [-0.25, -0.2) is 9.59 Å². The predicted molar refractivity (Wildman–Crippen MR) is 172 cm³/mol. The molecule has 3 aliphatic heterocycles. The normalized spacial score (nSPS) is 21.7. The minimum atomic E-state index is -0.400. The summed E-state index contributed by atoms with van der Waals surface area (Å²) in [6.07, 6.45) is 5.23. The van der Waals surface area contributed by atoms with Crippen LogP contribution in [0.25, 0.3) is 11.1 Å². The van der Waals surface area contributed by atoms with Crippen LogP contribution in [0.3, 0.4) is 0 Å². The molecule has 0 spiro atoms. The Morgan fingerprint density at radius 1 is 0.860 bits per heavy atom. The minimum absolute atomic E-state index is 0.0823. The Hall–Kier alpha value is -3.14. The van der Waals surface area contributed by atoms with Gasteiger partial charge in [-0.2, -0.15) is 0 Å². The Balaban J connectivity index is 0.963. The second kappa shape index (κ2) is 14.6. The van der Waals surface area contributed by atoms with E-state index in [0.29, 0.717) is 6.04 Å². The number of carbonyl (C=O) groups excluding carboxylic acids is 2. The number of nitrogens with two attached hydrogens (primary N) is 1. The summed E-state index contributed by atoms with van der Waals surface area (Å²) in [6, 6.07) is 18.3. The molecule has 43 heavy (non-hydrogen) atoms. The highest BCUT2D eigenvalue weighted by Gasteiger charge is 2.33. The SMILES string of the molecule is CC1(C)CC(N)CCN1CCCN1CCN(CCCN2CCC(OC(=O)Nc3ccccc3-c3ccccc3)CC2)C1=O. The van der Waals surface area contributed by atoms with Crippen LogP contribution in [0, 0.1) is 0 Å². The van der Waals surface area contributed by atoms with Crippen LogP contribution in [0.5, 0.6) is 0 Å². The number of para-hydroxylation sites is 1. The third-order valence-electron chi connectivity index (χ3n) is 9.38. The number of urea groups is 1. The van der Waals surface area contributed by atoms with Crippen LogP contribution >= 0.6 is 0 Å². The molecule has 2 aromatic rings. The van der Waals surface area contributed by atoms with Crippen LogP contribution in [0.2, 0.25) is 0 Å². The molecule has 3 fully saturated rings. The zero-order chi connectivity index (χ0) is 30.2. The van der Waals surface area contributed by atoms with E-state index < -0.39 is 6.09 Å². The summed E-state index contributed by atoms with van der Waals surface area (Å²) in [5.74, 6) is 0. The molecule has 234 valence electrons. The Kier molecular flexibility index (Phi) is 10.6. The first-order valence-corrected chi connectivity index (χ1v) is 16.2. The lowest BCUT2D eigenvalue weighted by Crippen LogP contribution is -2.53. The molecule has 9 nitrogen and oxygen atoms in total. The molecule has 0 bridgehead atoms. The minimum Gasteiger partial charge on any atom is -0.446 e. The van der Waals surface area contributed by atoms with Gasteiger partial charge in [0.1, 0.15) is 6.10 Å². The van der Waals surface area contributed by atoms with Crippen LogP contribution in [0.15, 0.2) is 54.6 Å². The van der Waals surface area contributed by atoms with E-state index in [1.54, 1.807) is 0 Å². The van der Waals surface area contributed by atoms with Gasteiger partial charge in [-0.15, -0.1) is 0 Å². The third kappa shape index (κ3) is 8.49. The lowest BCUT2D eigenvalue weighted by Gasteiger charge is -2.45. The number of anilines is 1. The maximum absolute atomic E-state index is 13.0. The first-order chi connectivity index (χ1) is 20.8. The Morgan fingerprint density at radius 3 is 2.21 bits per heavy atom. The number of ether oxygens (including phenoxy) is 1. The first-order valence-electron chi connectivity index (χ1n) is 16.2. The number of hydrogen-bond donors (Lipinski definition) is 2. The number of benzene rings is 2. The molecular formula is C34H50N6O3. The largest absolute Gasteiger partial charge is 0.446 e. The molecule has 0 saturated carbocycles. The van der Waals surface area contributed by atoms with Crippen LogP contribution in [-0.2, 0) is 4.74 Å². The molecule has 9 heteroatoms. The fraction of sp³-hybridized carbons (Fsp3) is 0.588. The fourth-order valence-corrected chi connectivity index (χ4v) is 6.90. The summed E-state index contributed by atoms with van der Waals surface area (Å²) < 4.78 is 5.79. The van der Waals surface area contributed by atoms with Crippen molar-refractivity contribution in [2.24, 2.45) is 5.73 Å². The number of amides is 3. The second-order valence-electron chi connectivity index (χ2n) is 13.0. The van der Waals surface area contributed by atoms with Crippen molar-refractivity contribution in [2.45, 2.75) is 70.1 Å². The standard InChI is InChI=1S/C34H50N6O3/c1-34(2)26-28(35)14-23-40(34)20-9-19-39-25-24-38(33(39)42)18-8-17-37-21-15-29(16-22-37)43-32(41)36-31-13-7-6-12-30(31)27-10-4-3-5-11-27/h3-7,10-13,28-29H,8-9,14-26,35H2,1-2H3,(H,36,41). The van der Waals surface area contributed by atoms with Crippen molar-refractivity contribution < 1.29 is 14.3 Å². The molecule has 3 amide bonds. The van der Waals surface area contributed by atoms with Crippen molar-refractivity contribution >= 4 is 17.8 Å². The number of piperidine rings is 2. The van der Waals surface area contributed by atoms with Gasteiger partial charge in [0.15, 0.2) is 0 Å². The van der Waals surface area contributed by atoms with E-state index in [9.17, 15) is 9.59 Å². The van der Waals surface area contributed by atoms with Gasteiger partial charge in [-0.1, -0.05) is 48.5 Å². The van der Waals surface area contributed by atoms with Gasteiger partial charge in [-0.3, -0.25) is 10.2 Å². The van der Waals surface area contributed by atoms with Crippen molar-refractivity contribution in [2.75, 3.05) is 64.2 Å². The topological polar surface area (TPSA) is 94.4 Å². The molecule has 2 aromatic carbocycles. The molecule has 0 aliphatic carbocycles. The molecule has 1 unspecified atom stereocenters. The number of hydrogen-bond acceptors (Lipinski definition) is 6. The van der Waals surface area contributed by atoms with Crippen LogP contribution in [0.4, 0.5) is 15.3 Å². The van der Waals surface area contributed by atoms with E-state index in [2.05, 4.69) is 29.0 Å². The molecular weight excluding hydrogens is 540 g/mol. The average Bonchev–Trinajstić information content (AvgIpc) is 3.34. The van der Waals surface area contributed by atoms with Crippen molar-refractivity contribution in [1.29, 1.82) is 0 Å². The van der Waals surface area contributed by atoms with Crippen LogP contribution < -0.4 is 11.1 Å². The number of rotatable bonds is 11. The fourth-order valence-electron chi connectivity index (χ4n) is 6.90. The van der Waals surface area contributed by atoms with Gasteiger partial charge in [0.25, 0.3) is 0 Å². The third-order valence-corrected chi connectivity index (χ3v) is 9.38. The summed E-state index contributed by atoms with van der Waals surface area (Å²) in [5, 5.41) is 2.95. The van der Waals surface area contributed by atoms with Crippen LogP contribution in [-0.4, -0.2) is 108 Å². The maximum Gasteiger partial charge on any atom is 0.411 e. The van der Waals surface area contributed by atoms with Crippen molar-refractivity contribution in [3.8, 4) is 11.1 Å². The quantitative estimate of drug-likeness (QED) is 0.379. The van der Waals surface area contributed by atoms with E-state index in [1.807, 2.05) is 64.4 Å². The Bertz CT molecular complexity index is 1200. The van der Waals surface area contributed by atoms with Gasteiger partial charge < -0.3 is 25.2 Å². The average molecular weight is 591 g/mol. The summed E-state index contributed by atoms with van der Waals surface area (Å²) in [7, 11) is 0. The number of likely N-dealkylation sites (tertiary alicyclic amines) is 2. The molecule has 1 atom stereocenters. The molecule has 3 heterocycles. The predicted octanol–water partition coefficient (Wildman–Crippen LogP) is 5.09. The van der Waals surface area contributed by atoms with E-state index in [-0.39, 0.29) is 17.7 Å². The van der Waals surface area contributed by atoms with E-state index >= 15 is 0 Å². The maximum atomic E-state index is 13.0. The molecule has 3 saturated heterocycles. The highest BCUT2D eigenvalue weighted by molar-refractivity contribution is 5.91. The highest BCUT2D eigenvalue weighted by Crippen LogP contribution is 2.29. The van der Waals surface area contributed by atoms with E-state index in [1.165, 1.54) is 0 Å². The number of nitrogens with one attached hydrogen (secondary N) is 1. The highest BCUT2D eigenvalue weighted by atomic mass is 16.6. The zero-order valence-electron chi connectivity index (χ0n) is 26.0. The molecule has 5 rings (SSSR count). The van der Waals surface area contributed by atoms with Gasteiger partial charge >= 0.3 is 12.1 Å². The smallest absolute Gasteiger partial charge is 0.411 e. The Morgan fingerprint density at radius 2 is 1.51 bits per heavy atom. The molecule has 0 aromatic heterocycles. The second-order valence-corrected chi connectivity index (χ2v) is 13.0. The zero-order valence-corrected chi connectivity index (χ0v) is 26.0. The molecule has 0 radical (unpaired) electrons. The monoisotopic (exact) mass is 590 g/mol. The molecule has 3 N–H and O–H groups in total. The molecule has 3 aliphatic rings. The lowest BCUT2D eigenvalue weighted by molar-refractivity contribution is 0.0581. The van der Waals surface area contributed by atoms with E-state index in [4.69, 9.17) is 10.5 Å². The van der Waals surface area contributed by atoms with Crippen molar-refractivity contribution in [1.82, 2.24) is 19.6 Å². The summed E-state index contributed by atoms with van der Waals surface area (Å²) in [5.41, 5.74) is 9.10. The summed E-state index contributed by atoms with van der Waals surface area (Å²) in [4.78, 5) is 34.7. The van der Waals surface area contributed by atoms with Gasteiger partial charge in [0.2, 0.25) is 0 Å². The Labute approximate surface area is 257 Å². The lowest BCUT2D eigenvalue weighted by atomic mass is 9.87. The van der Waals surface area contributed by atoms with Gasteiger partial charge in [0.05, 0.1) is 5.69 Å². The number of nitrogens with zero attached hydrogens (tertiary/aromatic N) is 4. The van der Waals surface area contributed by atoms with Gasteiger partial charge in [-0.05, 0) is 70.5 Å². The summed E-state index contributed by atoms with van der Waals surface area (Å²) in [6.45, 7) is 12.7. The van der Waals surface area contributed by atoms with Crippen LogP contribution in [0.1, 0.15) is 52.4 Å². The van der Waals surface area contributed by atoms with Gasteiger partial charge in [0, 0.05) is 69.5 Å². The summed E-state index contributed by atoms with van der Waals surface area (Å²) >= 11 is 0. The van der Waals surface area contributed by atoms with E-state index in [0.717, 1.165) is 114 Å².